The monoisotopic (exact) mass is 303 g/mol. The lowest BCUT2D eigenvalue weighted by Gasteiger charge is -2.21. The van der Waals surface area contributed by atoms with Gasteiger partial charge in [0.15, 0.2) is 0 Å². The molecular formula is C12H21N3O6. The Balaban J connectivity index is 2.69. The molecular weight excluding hydrogens is 282 g/mol. The fourth-order valence-corrected chi connectivity index (χ4v) is 1.60. The molecule has 1 rings (SSSR count). The maximum Gasteiger partial charge on any atom is 0.126 e. The van der Waals surface area contributed by atoms with E-state index in [4.69, 9.17) is 15.9 Å². The summed E-state index contributed by atoms with van der Waals surface area (Å²) in [6.45, 7) is -1.06. The molecule has 0 unspecified atom stereocenters. The van der Waals surface area contributed by atoms with E-state index in [1.165, 1.54) is 12.4 Å². The highest BCUT2D eigenvalue weighted by molar-refractivity contribution is 5.08. The first-order valence-electron chi connectivity index (χ1n) is 6.41. The minimum atomic E-state index is -1.59. The quantitative estimate of drug-likeness (QED) is 0.256. The Bertz CT molecular complexity index is 418. The van der Waals surface area contributed by atoms with Gasteiger partial charge in [-0.05, 0) is 0 Å². The first-order valence-corrected chi connectivity index (χ1v) is 6.41. The van der Waals surface area contributed by atoms with E-state index in [1.54, 1.807) is 0 Å². The molecule has 0 aliphatic rings. The van der Waals surface area contributed by atoms with Crippen molar-refractivity contribution in [3.63, 3.8) is 0 Å². The van der Waals surface area contributed by atoms with Crippen molar-refractivity contribution in [2.75, 3.05) is 13.2 Å². The SMILES string of the molecule is N[C@H](CO)[C@H](O)Cc1cnc([C@@H](O)[C@H](O)[C@H](O)CO)cn1. The molecule has 0 aliphatic carbocycles. The van der Waals surface area contributed by atoms with Crippen LogP contribution in [0.4, 0.5) is 0 Å². The predicted octanol–water partition coefficient (Wildman–Crippen LogP) is -3.55. The van der Waals surface area contributed by atoms with Gasteiger partial charge in [0.1, 0.15) is 18.3 Å². The smallest absolute Gasteiger partial charge is 0.126 e. The number of nitrogens with zero attached hydrogens (tertiary/aromatic N) is 2. The zero-order valence-corrected chi connectivity index (χ0v) is 11.3. The Morgan fingerprint density at radius 2 is 1.62 bits per heavy atom. The van der Waals surface area contributed by atoms with Crippen LogP contribution in [0.2, 0.25) is 0 Å². The minimum Gasteiger partial charge on any atom is -0.395 e. The van der Waals surface area contributed by atoms with Crippen LogP contribution in [-0.4, -0.2) is 78.2 Å². The van der Waals surface area contributed by atoms with Crippen molar-refractivity contribution in [2.45, 2.75) is 36.9 Å². The number of rotatable bonds is 8. The topological polar surface area (TPSA) is 173 Å². The predicted molar refractivity (Wildman–Crippen MR) is 70.9 cm³/mol. The summed E-state index contributed by atoms with van der Waals surface area (Å²) in [4.78, 5) is 7.82. The average molecular weight is 303 g/mol. The van der Waals surface area contributed by atoms with E-state index >= 15 is 0 Å². The highest BCUT2D eigenvalue weighted by Crippen LogP contribution is 2.16. The maximum absolute atomic E-state index is 9.76. The second-order valence-corrected chi connectivity index (χ2v) is 4.74. The number of aromatic nitrogens is 2. The summed E-state index contributed by atoms with van der Waals surface area (Å²) in [5.74, 6) is 0. The second-order valence-electron chi connectivity index (χ2n) is 4.74. The molecule has 9 heteroatoms. The van der Waals surface area contributed by atoms with Crippen molar-refractivity contribution in [1.29, 1.82) is 0 Å². The molecule has 0 fully saturated rings. The molecule has 1 aromatic rings. The molecule has 1 aromatic heterocycles. The van der Waals surface area contributed by atoms with E-state index in [9.17, 15) is 20.4 Å². The van der Waals surface area contributed by atoms with Gasteiger partial charge in [-0.25, -0.2) is 0 Å². The molecule has 0 saturated heterocycles. The molecule has 0 aromatic carbocycles. The van der Waals surface area contributed by atoms with E-state index in [-0.39, 0.29) is 18.7 Å². The Hall–Kier alpha value is -1.20. The lowest BCUT2D eigenvalue weighted by Crippen LogP contribution is -2.39. The van der Waals surface area contributed by atoms with Gasteiger partial charge in [0.25, 0.3) is 0 Å². The summed E-state index contributed by atoms with van der Waals surface area (Å²) in [6, 6.07) is -0.793. The third-order valence-corrected chi connectivity index (χ3v) is 3.06. The van der Waals surface area contributed by atoms with Gasteiger partial charge in [0.05, 0.1) is 42.9 Å². The van der Waals surface area contributed by atoms with Gasteiger partial charge in [-0.3, -0.25) is 9.97 Å². The van der Waals surface area contributed by atoms with Crippen molar-refractivity contribution in [3.8, 4) is 0 Å². The van der Waals surface area contributed by atoms with Crippen molar-refractivity contribution in [3.05, 3.63) is 23.8 Å². The zero-order valence-electron chi connectivity index (χ0n) is 11.3. The molecule has 1 heterocycles. The molecule has 9 nitrogen and oxygen atoms in total. The molecule has 0 saturated carbocycles. The Kier molecular flexibility index (Phi) is 7.05. The van der Waals surface area contributed by atoms with E-state index in [1.807, 2.05) is 0 Å². The maximum atomic E-state index is 9.76. The Labute approximate surface area is 121 Å². The van der Waals surface area contributed by atoms with Crippen LogP contribution in [0, 0.1) is 0 Å². The molecule has 8 N–H and O–H groups in total. The standard InChI is InChI=1S/C12H21N3O6/c13-7(4-16)9(18)1-6-2-15-8(3-14-6)11(20)12(21)10(19)5-17/h2-3,7,9-12,16-21H,1,4-5,13H2/t7-,9-,10-,11-,12-/m1/s1. The second kappa shape index (κ2) is 8.29. The van der Waals surface area contributed by atoms with Crippen LogP contribution in [-0.2, 0) is 6.42 Å². The summed E-state index contributed by atoms with van der Waals surface area (Å²) >= 11 is 0. The van der Waals surface area contributed by atoms with Crippen molar-refractivity contribution in [1.82, 2.24) is 9.97 Å². The van der Waals surface area contributed by atoms with Gasteiger partial charge in [0.2, 0.25) is 0 Å². The summed E-state index contributed by atoms with van der Waals surface area (Å²) in [5, 5.41) is 55.7. The van der Waals surface area contributed by atoms with Crippen LogP contribution in [0.15, 0.2) is 12.4 Å². The van der Waals surface area contributed by atoms with Gasteiger partial charge >= 0.3 is 0 Å². The van der Waals surface area contributed by atoms with Crippen LogP contribution >= 0.6 is 0 Å². The normalized spacial score (nSPS) is 18.8. The van der Waals surface area contributed by atoms with Crippen LogP contribution < -0.4 is 5.73 Å². The van der Waals surface area contributed by atoms with Crippen molar-refractivity contribution >= 4 is 0 Å². The summed E-state index contributed by atoms with van der Waals surface area (Å²) in [6.07, 6.45) is -3.03. The number of hydrogen-bond acceptors (Lipinski definition) is 9. The summed E-state index contributed by atoms with van der Waals surface area (Å²) in [5.41, 5.74) is 5.86. The molecule has 0 bridgehead atoms. The third-order valence-electron chi connectivity index (χ3n) is 3.06. The van der Waals surface area contributed by atoms with Gasteiger partial charge < -0.3 is 36.4 Å². The lowest BCUT2D eigenvalue weighted by molar-refractivity contribution is -0.0790. The first kappa shape index (κ1) is 17.9. The van der Waals surface area contributed by atoms with E-state index in [0.717, 1.165) is 0 Å². The van der Waals surface area contributed by atoms with E-state index in [0.29, 0.717) is 5.69 Å². The molecule has 0 aliphatic heterocycles. The minimum absolute atomic E-state index is 0.0136. The Morgan fingerprint density at radius 1 is 0.952 bits per heavy atom. The fraction of sp³-hybridized carbons (Fsp3) is 0.667. The van der Waals surface area contributed by atoms with Gasteiger partial charge in [-0.2, -0.15) is 0 Å². The fourth-order valence-electron chi connectivity index (χ4n) is 1.60. The number of nitrogens with two attached hydrogens (primary N) is 1. The molecule has 0 radical (unpaired) electrons. The highest BCUT2D eigenvalue weighted by Gasteiger charge is 2.26. The molecule has 21 heavy (non-hydrogen) atoms. The zero-order chi connectivity index (χ0) is 16.0. The van der Waals surface area contributed by atoms with Crippen molar-refractivity contribution < 1.29 is 30.6 Å². The highest BCUT2D eigenvalue weighted by atomic mass is 16.4. The van der Waals surface area contributed by atoms with Gasteiger partial charge in [-0.1, -0.05) is 0 Å². The van der Waals surface area contributed by atoms with Crippen LogP contribution in [0.3, 0.4) is 0 Å². The number of hydrogen-bond donors (Lipinski definition) is 7. The summed E-state index contributed by atoms with van der Waals surface area (Å²) < 4.78 is 0. The number of aliphatic hydroxyl groups excluding tert-OH is 6. The van der Waals surface area contributed by atoms with Crippen LogP contribution in [0.1, 0.15) is 17.5 Å². The first-order chi connectivity index (χ1) is 9.90. The largest absolute Gasteiger partial charge is 0.395 e. The molecule has 120 valence electrons. The molecule has 5 atom stereocenters. The van der Waals surface area contributed by atoms with Crippen LogP contribution in [0.5, 0.6) is 0 Å². The van der Waals surface area contributed by atoms with Crippen molar-refractivity contribution in [2.24, 2.45) is 5.73 Å². The van der Waals surface area contributed by atoms with Gasteiger partial charge in [0, 0.05) is 12.6 Å². The average Bonchev–Trinajstić information content (AvgIpc) is 2.52. The third kappa shape index (κ3) is 4.93. The van der Waals surface area contributed by atoms with E-state index < -0.39 is 37.1 Å². The molecule has 0 spiro atoms. The van der Waals surface area contributed by atoms with Gasteiger partial charge in [-0.15, -0.1) is 0 Å². The van der Waals surface area contributed by atoms with Crippen LogP contribution in [0.25, 0.3) is 0 Å². The van der Waals surface area contributed by atoms with E-state index in [2.05, 4.69) is 9.97 Å². The lowest BCUT2D eigenvalue weighted by atomic mass is 10.1. The Morgan fingerprint density at radius 3 is 2.10 bits per heavy atom. The molecule has 0 amide bonds. The number of aliphatic hydroxyl groups is 6. The summed E-state index contributed by atoms with van der Waals surface area (Å²) in [7, 11) is 0.